The van der Waals surface area contributed by atoms with Gasteiger partial charge in [-0.3, -0.25) is 14.4 Å². The quantitative estimate of drug-likeness (QED) is 0.382. The van der Waals surface area contributed by atoms with Crippen LogP contribution >= 0.6 is 0 Å². The fraction of sp³-hybridized carbons (Fsp3) is 0.478. The van der Waals surface area contributed by atoms with E-state index in [4.69, 9.17) is 11.2 Å². The number of fused-ring (bicyclic) bond motifs is 1. The Hall–Kier alpha value is -3.62. The van der Waals surface area contributed by atoms with Gasteiger partial charge < -0.3 is 25.0 Å². The van der Waals surface area contributed by atoms with E-state index in [2.05, 4.69) is 11.2 Å². The van der Waals surface area contributed by atoms with Crippen LogP contribution in [0.5, 0.6) is 0 Å². The number of nitrogens with zero attached hydrogens (tertiary/aromatic N) is 4. The average Bonchev–Trinajstić information content (AvgIpc) is 2.82. The number of carbonyl (C=O) groups is 4. The van der Waals surface area contributed by atoms with E-state index in [1.54, 1.807) is 5.01 Å². The normalized spacial score (nSPS) is 20.6. The zero-order valence-electron chi connectivity index (χ0n) is 19.1. The zero-order chi connectivity index (χ0) is 24.7. The van der Waals surface area contributed by atoms with Gasteiger partial charge in [-0.15, -0.1) is 6.42 Å². The molecule has 0 spiro atoms. The first-order valence-corrected chi connectivity index (χ1v) is 11.1. The summed E-state index contributed by atoms with van der Waals surface area (Å²) in [5, 5.41) is 15.3. The van der Waals surface area contributed by atoms with Crippen LogP contribution in [-0.2, 0) is 25.7 Å². The molecule has 11 nitrogen and oxygen atoms in total. The third-order valence-electron chi connectivity index (χ3n) is 5.75. The Morgan fingerprint density at radius 3 is 2.65 bits per heavy atom. The standard InChI is InChI=1S/C23H29N5O6/c1-3-11-34-12-10-25-15-19-27(18(22(25)32)13-21(30)31)20(29)16-26(4-2)28(19)23(33)24-14-17-8-6-5-7-9-17/h1,5-9,18-19H,4,10-16H2,2H3,(H,24,33)(H,30,31)/t18-,19-/m0/s1. The highest BCUT2D eigenvalue weighted by atomic mass is 16.5. The van der Waals surface area contributed by atoms with E-state index >= 15 is 0 Å². The number of likely N-dealkylation sites (N-methyl/N-ethyl adjacent to an activating group) is 1. The van der Waals surface area contributed by atoms with Gasteiger partial charge >= 0.3 is 12.0 Å². The molecule has 0 radical (unpaired) electrons. The lowest BCUT2D eigenvalue weighted by Crippen LogP contribution is -2.76. The van der Waals surface area contributed by atoms with E-state index in [-0.39, 0.29) is 39.4 Å². The zero-order valence-corrected chi connectivity index (χ0v) is 19.1. The Balaban J connectivity index is 1.86. The SMILES string of the molecule is C#CCOCCN1C[C@H]2N(C(=O)CN(CC)N2C(=O)NCc2ccccc2)[C@@H](CC(=O)O)C1=O. The van der Waals surface area contributed by atoms with Crippen molar-refractivity contribution in [3.05, 3.63) is 35.9 Å². The molecule has 34 heavy (non-hydrogen) atoms. The van der Waals surface area contributed by atoms with Crippen molar-refractivity contribution >= 4 is 23.8 Å². The molecule has 0 saturated carbocycles. The molecule has 2 atom stereocenters. The lowest BCUT2D eigenvalue weighted by Gasteiger charge is -2.54. The van der Waals surface area contributed by atoms with Crippen LogP contribution < -0.4 is 5.32 Å². The van der Waals surface area contributed by atoms with Crippen molar-refractivity contribution in [1.82, 2.24) is 25.1 Å². The molecular formula is C23H29N5O6. The number of piperazine rings is 1. The van der Waals surface area contributed by atoms with Crippen molar-refractivity contribution in [1.29, 1.82) is 0 Å². The number of carbonyl (C=O) groups excluding carboxylic acids is 3. The molecule has 2 heterocycles. The van der Waals surface area contributed by atoms with Crippen molar-refractivity contribution in [2.75, 3.05) is 39.4 Å². The van der Waals surface area contributed by atoms with Crippen LogP contribution in [0.2, 0.25) is 0 Å². The Bertz CT molecular complexity index is 949. The summed E-state index contributed by atoms with van der Waals surface area (Å²) in [5.74, 6) is 0.231. The van der Waals surface area contributed by atoms with E-state index < -0.39 is 42.4 Å². The minimum absolute atomic E-state index is 0.0232. The first-order chi connectivity index (χ1) is 16.4. The lowest BCUT2D eigenvalue weighted by molar-refractivity contribution is -0.191. The number of urea groups is 1. The van der Waals surface area contributed by atoms with Gasteiger partial charge in [-0.05, 0) is 5.56 Å². The fourth-order valence-corrected chi connectivity index (χ4v) is 4.19. The number of carboxylic acids is 1. The predicted octanol–water partition coefficient (Wildman–Crippen LogP) is -0.0613. The van der Waals surface area contributed by atoms with Crippen LogP contribution in [0.25, 0.3) is 0 Å². The fourth-order valence-electron chi connectivity index (χ4n) is 4.19. The summed E-state index contributed by atoms with van der Waals surface area (Å²) in [6.45, 7) is 2.72. The summed E-state index contributed by atoms with van der Waals surface area (Å²) in [6.07, 6.45) is 3.77. The maximum absolute atomic E-state index is 13.3. The maximum Gasteiger partial charge on any atom is 0.334 e. The first-order valence-electron chi connectivity index (χ1n) is 11.1. The highest BCUT2D eigenvalue weighted by Crippen LogP contribution is 2.27. The van der Waals surface area contributed by atoms with Crippen molar-refractivity contribution in [2.45, 2.75) is 32.1 Å². The Morgan fingerprint density at radius 2 is 2.00 bits per heavy atom. The molecule has 4 amide bonds. The molecule has 1 aromatic carbocycles. The van der Waals surface area contributed by atoms with Crippen molar-refractivity contribution in [3.8, 4) is 12.3 Å². The van der Waals surface area contributed by atoms with Gasteiger partial charge in [-0.25, -0.2) is 14.8 Å². The van der Waals surface area contributed by atoms with Gasteiger partial charge in [-0.2, -0.15) is 0 Å². The summed E-state index contributed by atoms with van der Waals surface area (Å²) in [7, 11) is 0. The molecule has 0 bridgehead atoms. The number of aliphatic carboxylic acids is 1. The van der Waals surface area contributed by atoms with Gasteiger partial charge in [0.05, 0.1) is 26.1 Å². The predicted molar refractivity (Wildman–Crippen MR) is 121 cm³/mol. The summed E-state index contributed by atoms with van der Waals surface area (Å²) >= 11 is 0. The van der Waals surface area contributed by atoms with E-state index in [0.717, 1.165) is 5.56 Å². The summed E-state index contributed by atoms with van der Waals surface area (Å²) < 4.78 is 5.28. The van der Waals surface area contributed by atoms with E-state index in [1.807, 2.05) is 37.3 Å². The van der Waals surface area contributed by atoms with Gasteiger partial charge in [0.15, 0.2) is 0 Å². The number of nitrogens with one attached hydrogen (secondary N) is 1. The summed E-state index contributed by atoms with van der Waals surface area (Å²) in [4.78, 5) is 53.6. The van der Waals surface area contributed by atoms with Crippen LogP contribution in [0, 0.1) is 12.3 Å². The highest BCUT2D eigenvalue weighted by molar-refractivity contribution is 5.93. The lowest BCUT2D eigenvalue weighted by atomic mass is 10.0. The van der Waals surface area contributed by atoms with Crippen LogP contribution in [0.15, 0.2) is 30.3 Å². The van der Waals surface area contributed by atoms with Gasteiger partial charge in [0, 0.05) is 19.6 Å². The molecule has 2 saturated heterocycles. The number of benzene rings is 1. The van der Waals surface area contributed by atoms with E-state index in [0.29, 0.717) is 6.54 Å². The van der Waals surface area contributed by atoms with Gasteiger partial charge in [0.2, 0.25) is 11.8 Å². The maximum atomic E-state index is 13.3. The molecule has 2 aliphatic heterocycles. The van der Waals surface area contributed by atoms with E-state index in [9.17, 15) is 24.3 Å². The number of hydrogen-bond acceptors (Lipinski definition) is 6. The minimum atomic E-state index is -1.22. The second kappa shape index (κ2) is 11.5. The number of hydrazine groups is 1. The second-order valence-electron chi connectivity index (χ2n) is 7.91. The Labute approximate surface area is 198 Å². The molecule has 0 aliphatic carbocycles. The Morgan fingerprint density at radius 1 is 1.26 bits per heavy atom. The minimum Gasteiger partial charge on any atom is -0.481 e. The van der Waals surface area contributed by atoms with E-state index in [1.165, 1.54) is 14.8 Å². The number of terminal acetylenes is 1. The number of carboxylic acid groups (broad SMARTS) is 1. The monoisotopic (exact) mass is 471 g/mol. The summed E-state index contributed by atoms with van der Waals surface area (Å²) in [6, 6.07) is 7.70. The second-order valence-corrected chi connectivity index (χ2v) is 7.91. The third kappa shape index (κ3) is 5.65. The molecule has 1 aromatic rings. The van der Waals surface area contributed by atoms with Crippen LogP contribution in [0.1, 0.15) is 18.9 Å². The first kappa shape index (κ1) is 25.0. The topological polar surface area (TPSA) is 123 Å². The number of ether oxygens (including phenoxy) is 1. The highest BCUT2D eigenvalue weighted by Gasteiger charge is 2.51. The summed E-state index contributed by atoms with van der Waals surface area (Å²) in [5.41, 5.74) is 0.902. The molecule has 2 aliphatic rings. The molecule has 0 aromatic heterocycles. The molecule has 2 N–H and O–H groups in total. The largest absolute Gasteiger partial charge is 0.481 e. The van der Waals surface area contributed by atoms with Crippen LogP contribution in [-0.4, -0.2) is 100 Å². The van der Waals surface area contributed by atoms with Gasteiger partial charge in [0.25, 0.3) is 0 Å². The average molecular weight is 472 g/mol. The third-order valence-corrected chi connectivity index (χ3v) is 5.75. The molecule has 0 unspecified atom stereocenters. The van der Waals surface area contributed by atoms with Crippen molar-refractivity contribution < 1.29 is 29.0 Å². The van der Waals surface area contributed by atoms with Crippen molar-refractivity contribution in [3.63, 3.8) is 0 Å². The van der Waals surface area contributed by atoms with Crippen molar-refractivity contribution in [2.24, 2.45) is 0 Å². The number of amides is 4. The Kier molecular flexibility index (Phi) is 8.45. The number of hydrogen-bond donors (Lipinski definition) is 2. The van der Waals surface area contributed by atoms with Gasteiger partial charge in [0.1, 0.15) is 18.8 Å². The molecule has 182 valence electrons. The number of rotatable bonds is 9. The molecular weight excluding hydrogens is 442 g/mol. The smallest absolute Gasteiger partial charge is 0.334 e. The van der Waals surface area contributed by atoms with Crippen LogP contribution in [0.3, 0.4) is 0 Å². The molecule has 2 fully saturated rings. The van der Waals surface area contributed by atoms with Gasteiger partial charge in [-0.1, -0.05) is 43.2 Å². The van der Waals surface area contributed by atoms with Crippen LogP contribution in [0.4, 0.5) is 4.79 Å². The molecule has 3 rings (SSSR count). The molecule has 11 heteroatoms.